The Morgan fingerprint density at radius 3 is 2.79 bits per heavy atom. The number of ketones is 1. The highest BCUT2D eigenvalue weighted by atomic mass is 32.1. The molecule has 0 N–H and O–H groups in total. The van der Waals surface area contributed by atoms with Crippen molar-refractivity contribution in [3.8, 4) is 0 Å². The van der Waals surface area contributed by atoms with E-state index < -0.39 is 0 Å². The number of thiophene rings is 1. The zero-order valence-electron chi connectivity index (χ0n) is 9.01. The van der Waals surface area contributed by atoms with Crippen molar-refractivity contribution in [1.82, 2.24) is 0 Å². The molecule has 0 bridgehead atoms. The lowest BCUT2D eigenvalue weighted by atomic mass is 10.1. The van der Waals surface area contributed by atoms with Gasteiger partial charge < -0.3 is 0 Å². The fourth-order valence-corrected chi connectivity index (χ4v) is 2.47. The summed E-state index contributed by atoms with van der Waals surface area (Å²) in [5, 5.41) is 2.02. The highest BCUT2D eigenvalue weighted by Gasteiger charge is 2.10. The Hall–Kier alpha value is -0.630. The number of aryl methyl sites for hydroxylation is 1. The Balaban J connectivity index is 2.51. The number of rotatable bonds is 6. The van der Waals surface area contributed by atoms with Crippen LogP contribution in [0.25, 0.3) is 0 Å². The molecule has 0 aromatic carbocycles. The molecule has 0 radical (unpaired) electrons. The van der Waals surface area contributed by atoms with Crippen LogP contribution in [0.3, 0.4) is 0 Å². The summed E-state index contributed by atoms with van der Waals surface area (Å²) in [4.78, 5) is 12.8. The third-order valence-electron chi connectivity index (χ3n) is 2.39. The Labute approximate surface area is 90.2 Å². The van der Waals surface area contributed by atoms with E-state index in [4.69, 9.17) is 0 Å². The van der Waals surface area contributed by atoms with Crippen LogP contribution in [-0.2, 0) is 6.42 Å². The molecular weight excluding hydrogens is 192 g/mol. The second-order valence-corrected chi connectivity index (χ2v) is 4.42. The van der Waals surface area contributed by atoms with Crippen molar-refractivity contribution in [2.24, 2.45) is 0 Å². The molecule has 0 aliphatic heterocycles. The van der Waals surface area contributed by atoms with Crippen molar-refractivity contribution in [2.45, 2.75) is 46.0 Å². The standard InChI is InChI=1S/C12H18OS/c1-3-5-6-7-11(13)12-10(4-2)8-9-14-12/h8-9H,3-7H2,1-2H3. The third kappa shape index (κ3) is 2.95. The minimum atomic E-state index is 0.338. The zero-order chi connectivity index (χ0) is 10.4. The normalized spacial score (nSPS) is 10.4. The van der Waals surface area contributed by atoms with E-state index in [2.05, 4.69) is 19.9 Å². The topological polar surface area (TPSA) is 17.1 Å². The Morgan fingerprint density at radius 1 is 1.36 bits per heavy atom. The van der Waals surface area contributed by atoms with Crippen LogP contribution in [0.1, 0.15) is 54.8 Å². The van der Waals surface area contributed by atoms with Gasteiger partial charge in [-0.15, -0.1) is 11.3 Å². The zero-order valence-corrected chi connectivity index (χ0v) is 9.82. The third-order valence-corrected chi connectivity index (χ3v) is 3.39. The van der Waals surface area contributed by atoms with E-state index in [1.807, 2.05) is 5.38 Å². The van der Waals surface area contributed by atoms with Crippen LogP contribution in [0.2, 0.25) is 0 Å². The summed E-state index contributed by atoms with van der Waals surface area (Å²) in [6.07, 6.45) is 5.08. The summed E-state index contributed by atoms with van der Waals surface area (Å²) in [6.45, 7) is 4.26. The summed E-state index contributed by atoms with van der Waals surface area (Å²) in [5.41, 5.74) is 1.22. The molecule has 1 rings (SSSR count). The highest BCUT2D eigenvalue weighted by molar-refractivity contribution is 7.12. The van der Waals surface area contributed by atoms with E-state index in [9.17, 15) is 4.79 Å². The molecule has 78 valence electrons. The first-order valence-corrected chi connectivity index (χ1v) is 6.27. The van der Waals surface area contributed by atoms with E-state index in [0.717, 1.165) is 24.1 Å². The number of hydrogen-bond acceptors (Lipinski definition) is 2. The molecule has 0 aliphatic rings. The summed E-state index contributed by atoms with van der Waals surface area (Å²) in [5.74, 6) is 0.338. The van der Waals surface area contributed by atoms with Gasteiger partial charge in [0.2, 0.25) is 0 Å². The van der Waals surface area contributed by atoms with Gasteiger partial charge in [-0.3, -0.25) is 4.79 Å². The van der Waals surface area contributed by atoms with Gasteiger partial charge in [0, 0.05) is 6.42 Å². The predicted molar refractivity (Wildman–Crippen MR) is 62.2 cm³/mol. The van der Waals surface area contributed by atoms with Crippen molar-refractivity contribution < 1.29 is 4.79 Å². The molecular formula is C12H18OS. The van der Waals surface area contributed by atoms with Crippen LogP contribution in [0, 0.1) is 0 Å². The number of Topliss-reactive ketones (excluding diaryl/α,β-unsaturated/α-hetero) is 1. The SMILES string of the molecule is CCCCCC(=O)c1sccc1CC. The van der Waals surface area contributed by atoms with Crippen LogP contribution in [-0.4, -0.2) is 5.78 Å². The smallest absolute Gasteiger partial charge is 0.173 e. The van der Waals surface area contributed by atoms with Crippen LogP contribution < -0.4 is 0 Å². The van der Waals surface area contributed by atoms with Crippen molar-refractivity contribution in [3.63, 3.8) is 0 Å². The second kappa shape index (κ2) is 5.97. The Morgan fingerprint density at radius 2 is 2.14 bits per heavy atom. The summed E-state index contributed by atoms with van der Waals surface area (Å²) < 4.78 is 0. The maximum Gasteiger partial charge on any atom is 0.173 e. The molecule has 0 unspecified atom stereocenters. The lowest BCUT2D eigenvalue weighted by Crippen LogP contribution is -1.99. The van der Waals surface area contributed by atoms with E-state index >= 15 is 0 Å². The maximum absolute atomic E-state index is 11.8. The van der Waals surface area contributed by atoms with Gasteiger partial charge in [0.15, 0.2) is 5.78 Å². The van der Waals surface area contributed by atoms with E-state index in [-0.39, 0.29) is 0 Å². The molecule has 1 aromatic heterocycles. The number of carbonyl (C=O) groups excluding carboxylic acids is 1. The van der Waals surface area contributed by atoms with Gasteiger partial charge in [0.05, 0.1) is 4.88 Å². The monoisotopic (exact) mass is 210 g/mol. The van der Waals surface area contributed by atoms with E-state index in [1.165, 1.54) is 18.4 Å². The molecule has 1 nitrogen and oxygen atoms in total. The van der Waals surface area contributed by atoms with Crippen LogP contribution in [0.5, 0.6) is 0 Å². The Kier molecular flexibility index (Phi) is 4.88. The first-order chi connectivity index (χ1) is 6.79. The van der Waals surface area contributed by atoms with Crippen LogP contribution in [0.15, 0.2) is 11.4 Å². The average Bonchev–Trinajstić information content (AvgIpc) is 2.65. The summed E-state index contributed by atoms with van der Waals surface area (Å²) >= 11 is 1.59. The minimum absolute atomic E-state index is 0.338. The first-order valence-electron chi connectivity index (χ1n) is 5.39. The molecule has 2 heteroatoms. The lowest BCUT2D eigenvalue weighted by Gasteiger charge is -2.00. The second-order valence-electron chi connectivity index (χ2n) is 3.51. The summed E-state index contributed by atoms with van der Waals surface area (Å²) in [6, 6.07) is 2.07. The van der Waals surface area contributed by atoms with Crippen molar-refractivity contribution in [1.29, 1.82) is 0 Å². The highest BCUT2D eigenvalue weighted by Crippen LogP contribution is 2.20. The van der Waals surface area contributed by atoms with Gasteiger partial charge in [-0.05, 0) is 29.9 Å². The van der Waals surface area contributed by atoms with E-state index in [1.54, 1.807) is 11.3 Å². The molecule has 1 heterocycles. The Bertz CT molecular complexity index is 288. The largest absolute Gasteiger partial charge is 0.293 e. The van der Waals surface area contributed by atoms with Crippen molar-refractivity contribution in [3.05, 3.63) is 21.9 Å². The molecule has 0 atom stereocenters. The molecule has 0 fully saturated rings. The average molecular weight is 210 g/mol. The first kappa shape index (κ1) is 11.4. The van der Waals surface area contributed by atoms with Crippen LogP contribution in [0.4, 0.5) is 0 Å². The predicted octanol–water partition coefficient (Wildman–Crippen LogP) is 4.07. The molecule has 14 heavy (non-hydrogen) atoms. The summed E-state index contributed by atoms with van der Waals surface area (Å²) in [7, 11) is 0. The maximum atomic E-state index is 11.8. The van der Waals surface area contributed by atoms with Gasteiger partial charge in [-0.25, -0.2) is 0 Å². The fraction of sp³-hybridized carbons (Fsp3) is 0.583. The van der Waals surface area contributed by atoms with E-state index in [0.29, 0.717) is 5.78 Å². The fourth-order valence-electron chi connectivity index (χ4n) is 1.51. The molecule has 0 saturated heterocycles. The molecule has 0 saturated carbocycles. The molecule has 0 spiro atoms. The molecule has 1 aromatic rings. The number of hydrogen-bond donors (Lipinski definition) is 0. The quantitative estimate of drug-likeness (QED) is 0.511. The molecule has 0 aliphatic carbocycles. The van der Waals surface area contributed by atoms with Gasteiger partial charge >= 0.3 is 0 Å². The number of unbranched alkanes of at least 4 members (excludes halogenated alkanes) is 2. The van der Waals surface area contributed by atoms with Crippen LogP contribution >= 0.6 is 11.3 Å². The van der Waals surface area contributed by atoms with Gasteiger partial charge in [0.25, 0.3) is 0 Å². The van der Waals surface area contributed by atoms with Gasteiger partial charge in [0.1, 0.15) is 0 Å². The lowest BCUT2D eigenvalue weighted by molar-refractivity contribution is 0.0982. The minimum Gasteiger partial charge on any atom is -0.293 e. The van der Waals surface area contributed by atoms with Crippen molar-refractivity contribution in [2.75, 3.05) is 0 Å². The van der Waals surface area contributed by atoms with Gasteiger partial charge in [-0.1, -0.05) is 26.7 Å². The van der Waals surface area contributed by atoms with Gasteiger partial charge in [-0.2, -0.15) is 0 Å². The molecule has 0 amide bonds. The van der Waals surface area contributed by atoms with Crippen molar-refractivity contribution >= 4 is 17.1 Å². The number of carbonyl (C=O) groups is 1.